The van der Waals surface area contributed by atoms with E-state index in [4.69, 9.17) is 10.5 Å². The molecule has 0 amide bonds. The molecule has 3 heteroatoms. The predicted molar refractivity (Wildman–Crippen MR) is 52.6 cm³/mol. The standard InChI is InChI=1S/C10H20N2O/c1-10(8-13-6-9(10)11)7-12-4-2-3-5-12/h9H,2-8,11H2,1H3. The lowest BCUT2D eigenvalue weighted by Crippen LogP contribution is -2.46. The van der Waals surface area contributed by atoms with E-state index in [-0.39, 0.29) is 11.5 Å². The Hall–Kier alpha value is -0.120. The minimum Gasteiger partial charge on any atom is -0.379 e. The van der Waals surface area contributed by atoms with Crippen LogP contribution in [-0.2, 0) is 4.74 Å². The molecule has 0 aromatic carbocycles. The van der Waals surface area contributed by atoms with Crippen molar-refractivity contribution >= 4 is 0 Å². The van der Waals surface area contributed by atoms with E-state index in [1.165, 1.54) is 25.9 Å². The van der Waals surface area contributed by atoms with Crippen LogP contribution in [0.4, 0.5) is 0 Å². The van der Waals surface area contributed by atoms with Crippen LogP contribution in [0.3, 0.4) is 0 Å². The fourth-order valence-electron chi connectivity index (χ4n) is 2.34. The maximum absolute atomic E-state index is 6.04. The maximum atomic E-state index is 6.04. The van der Waals surface area contributed by atoms with Gasteiger partial charge >= 0.3 is 0 Å². The molecule has 3 nitrogen and oxygen atoms in total. The van der Waals surface area contributed by atoms with Crippen molar-refractivity contribution in [1.82, 2.24) is 4.90 Å². The number of rotatable bonds is 2. The van der Waals surface area contributed by atoms with E-state index in [9.17, 15) is 0 Å². The lowest BCUT2D eigenvalue weighted by atomic mass is 9.85. The summed E-state index contributed by atoms with van der Waals surface area (Å²) in [5.74, 6) is 0. The molecule has 13 heavy (non-hydrogen) atoms. The largest absolute Gasteiger partial charge is 0.379 e. The monoisotopic (exact) mass is 184 g/mol. The Morgan fingerprint density at radius 2 is 2.15 bits per heavy atom. The topological polar surface area (TPSA) is 38.5 Å². The first-order valence-corrected chi connectivity index (χ1v) is 5.26. The normalized spacial score (nSPS) is 41.5. The summed E-state index contributed by atoms with van der Waals surface area (Å²) in [7, 11) is 0. The van der Waals surface area contributed by atoms with Gasteiger partial charge in [-0.2, -0.15) is 0 Å². The van der Waals surface area contributed by atoms with Crippen molar-refractivity contribution in [3.63, 3.8) is 0 Å². The Morgan fingerprint density at radius 3 is 2.69 bits per heavy atom. The van der Waals surface area contributed by atoms with E-state index >= 15 is 0 Å². The van der Waals surface area contributed by atoms with Gasteiger partial charge in [-0.3, -0.25) is 0 Å². The molecule has 0 spiro atoms. The molecule has 0 aromatic rings. The summed E-state index contributed by atoms with van der Waals surface area (Å²) in [6, 6.07) is 0.230. The fraction of sp³-hybridized carbons (Fsp3) is 1.00. The van der Waals surface area contributed by atoms with Crippen LogP contribution in [0.1, 0.15) is 19.8 Å². The number of ether oxygens (including phenoxy) is 1. The number of likely N-dealkylation sites (tertiary alicyclic amines) is 1. The van der Waals surface area contributed by atoms with Gasteiger partial charge in [-0.15, -0.1) is 0 Å². The van der Waals surface area contributed by atoms with Crippen molar-refractivity contribution in [3.05, 3.63) is 0 Å². The maximum Gasteiger partial charge on any atom is 0.0624 e. The Labute approximate surface area is 80.2 Å². The van der Waals surface area contributed by atoms with Crippen molar-refractivity contribution in [2.75, 3.05) is 32.8 Å². The molecule has 76 valence electrons. The van der Waals surface area contributed by atoms with Crippen molar-refractivity contribution < 1.29 is 4.74 Å². The van der Waals surface area contributed by atoms with Crippen LogP contribution in [-0.4, -0.2) is 43.8 Å². The van der Waals surface area contributed by atoms with E-state index < -0.39 is 0 Å². The molecule has 0 saturated carbocycles. The zero-order valence-corrected chi connectivity index (χ0v) is 8.46. The number of hydrogen-bond acceptors (Lipinski definition) is 3. The summed E-state index contributed by atoms with van der Waals surface area (Å²) < 4.78 is 5.43. The van der Waals surface area contributed by atoms with E-state index in [1.807, 2.05) is 0 Å². The zero-order chi connectivity index (χ0) is 9.31. The van der Waals surface area contributed by atoms with Gasteiger partial charge in [0.25, 0.3) is 0 Å². The molecule has 2 aliphatic heterocycles. The quantitative estimate of drug-likeness (QED) is 0.677. The number of nitrogens with two attached hydrogens (primary N) is 1. The van der Waals surface area contributed by atoms with Crippen LogP contribution < -0.4 is 5.73 Å². The second-order valence-corrected chi connectivity index (χ2v) is 4.76. The molecule has 0 aromatic heterocycles. The second-order valence-electron chi connectivity index (χ2n) is 4.76. The summed E-state index contributed by atoms with van der Waals surface area (Å²) in [5.41, 5.74) is 6.24. The lowest BCUT2D eigenvalue weighted by Gasteiger charge is -2.31. The summed E-state index contributed by atoms with van der Waals surface area (Å²) >= 11 is 0. The Bertz CT molecular complexity index is 180. The van der Waals surface area contributed by atoms with Crippen LogP contribution in [0, 0.1) is 5.41 Å². The molecule has 2 N–H and O–H groups in total. The molecule has 2 rings (SSSR count). The van der Waals surface area contributed by atoms with E-state index in [0.29, 0.717) is 0 Å². The van der Waals surface area contributed by atoms with Gasteiger partial charge in [0, 0.05) is 18.0 Å². The zero-order valence-electron chi connectivity index (χ0n) is 8.46. The molecule has 2 saturated heterocycles. The fourth-order valence-corrected chi connectivity index (χ4v) is 2.34. The van der Waals surface area contributed by atoms with Gasteiger partial charge in [-0.25, -0.2) is 0 Å². The first kappa shape index (κ1) is 9.44. The average Bonchev–Trinajstić information content (AvgIpc) is 2.65. The summed E-state index contributed by atoms with van der Waals surface area (Å²) in [6.07, 6.45) is 2.71. The summed E-state index contributed by atoms with van der Waals surface area (Å²) in [4.78, 5) is 2.52. The van der Waals surface area contributed by atoms with Gasteiger partial charge in [0.1, 0.15) is 0 Å². The van der Waals surface area contributed by atoms with Crippen LogP contribution in [0.25, 0.3) is 0 Å². The highest BCUT2D eigenvalue weighted by molar-refractivity contribution is 4.92. The summed E-state index contributed by atoms with van der Waals surface area (Å²) in [5, 5.41) is 0. The van der Waals surface area contributed by atoms with Crippen molar-refractivity contribution in [2.45, 2.75) is 25.8 Å². The third-order valence-electron chi connectivity index (χ3n) is 3.41. The van der Waals surface area contributed by atoms with E-state index in [1.54, 1.807) is 0 Å². The first-order valence-electron chi connectivity index (χ1n) is 5.26. The van der Waals surface area contributed by atoms with Gasteiger partial charge in [0.05, 0.1) is 13.2 Å². The van der Waals surface area contributed by atoms with Crippen LogP contribution in [0.15, 0.2) is 0 Å². The highest BCUT2D eigenvalue weighted by Crippen LogP contribution is 2.29. The molecule has 2 aliphatic rings. The molecule has 2 heterocycles. The smallest absolute Gasteiger partial charge is 0.0624 e. The van der Waals surface area contributed by atoms with Gasteiger partial charge < -0.3 is 15.4 Å². The Kier molecular flexibility index (Phi) is 2.58. The molecule has 0 aliphatic carbocycles. The van der Waals surface area contributed by atoms with Gasteiger partial charge in [0.2, 0.25) is 0 Å². The second kappa shape index (κ2) is 3.56. The Morgan fingerprint density at radius 1 is 1.46 bits per heavy atom. The summed E-state index contributed by atoms with van der Waals surface area (Å²) in [6.45, 7) is 7.46. The minimum absolute atomic E-state index is 0.199. The van der Waals surface area contributed by atoms with Gasteiger partial charge in [-0.05, 0) is 25.9 Å². The van der Waals surface area contributed by atoms with Crippen LogP contribution in [0.2, 0.25) is 0 Å². The SMILES string of the molecule is CC1(CN2CCCC2)COCC1N. The van der Waals surface area contributed by atoms with E-state index in [2.05, 4.69) is 11.8 Å². The molecule has 0 radical (unpaired) electrons. The minimum atomic E-state index is 0.199. The van der Waals surface area contributed by atoms with Crippen molar-refractivity contribution in [3.8, 4) is 0 Å². The molecule has 2 fully saturated rings. The number of hydrogen-bond donors (Lipinski definition) is 1. The first-order chi connectivity index (χ1) is 6.21. The Balaban J connectivity index is 1.91. The molecular weight excluding hydrogens is 164 g/mol. The predicted octanol–water partition coefficient (Wildman–Crippen LogP) is 0.446. The molecule has 2 atom stereocenters. The third kappa shape index (κ3) is 1.87. The van der Waals surface area contributed by atoms with Crippen molar-refractivity contribution in [2.24, 2.45) is 11.1 Å². The molecule has 0 bridgehead atoms. The van der Waals surface area contributed by atoms with Crippen LogP contribution >= 0.6 is 0 Å². The van der Waals surface area contributed by atoms with E-state index in [0.717, 1.165) is 19.8 Å². The van der Waals surface area contributed by atoms with Crippen molar-refractivity contribution in [1.29, 1.82) is 0 Å². The van der Waals surface area contributed by atoms with Crippen LogP contribution in [0.5, 0.6) is 0 Å². The van der Waals surface area contributed by atoms with Gasteiger partial charge in [0.15, 0.2) is 0 Å². The van der Waals surface area contributed by atoms with Gasteiger partial charge in [-0.1, -0.05) is 6.92 Å². The average molecular weight is 184 g/mol. The highest BCUT2D eigenvalue weighted by atomic mass is 16.5. The third-order valence-corrected chi connectivity index (χ3v) is 3.41. The molecule has 2 unspecified atom stereocenters. The number of nitrogens with zero attached hydrogens (tertiary/aromatic N) is 1. The highest BCUT2D eigenvalue weighted by Gasteiger charge is 2.39. The lowest BCUT2D eigenvalue weighted by molar-refractivity contribution is 0.130. The molecular formula is C10H20N2O.